The fourth-order valence-electron chi connectivity index (χ4n) is 2.91. The maximum atomic E-state index is 13.1. The maximum absolute atomic E-state index is 13.1. The van der Waals surface area contributed by atoms with Crippen LogP contribution in [-0.4, -0.2) is 23.0 Å². The number of ether oxygens (including phenoxy) is 1. The van der Waals surface area contributed by atoms with E-state index in [-0.39, 0.29) is 5.91 Å². The number of hydrogen-bond acceptors (Lipinski definition) is 4. The molecule has 5 nitrogen and oxygen atoms in total. The van der Waals surface area contributed by atoms with Crippen LogP contribution in [0.1, 0.15) is 10.8 Å². The second kappa shape index (κ2) is 8.19. The molecule has 1 heterocycles. The van der Waals surface area contributed by atoms with Crippen LogP contribution in [0.25, 0.3) is 11.0 Å². The number of imidazole rings is 1. The van der Waals surface area contributed by atoms with Gasteiger partial charge in [0.15, 0.2) is 5.16 Å². The second-order valence-electron chi connectivity index (χ2n) is 6.19. The third kappa shape index (κ3) is 4.02. The van der Waals surface area contributed by atoms with Gasteiger partial charge in [-0.3, -0.25) is 4.79 Å². The quantitative estimate of drug-likeness (QED) is 0.453. The van der Waals surface area contributed by atoms with Gasteiger partial charge >= 0.3 is 0 Å². The van der Waals surface area contributed by atoms with Crippen molar-refractivity contribution >= 4 is 34.4 Å². The van der Waals surface area contributed by atoms with Gasteiger partial charge in [0.1, 0.15) is 11.0 Å². The SMILES string of the molecule is COc1cccc(NC(=O)[C@H](Sc2nc3ccccc3[nH]2)c2ccccc2)c1. The van der Waals surface area contributed by atoms with Crippen LogP contribution in [0.4, 0.5) is 5.69 Å². The number of amides is 1. The number of rotatable bonds is 6. The summed E-state index contributed by atoms with van der Waals surface area (Å²) < 4.78 is 5.24. The molecule has 3 aromatic carbocycles. The van der Waals surface area contributed by atoms with Gasteiger partial charge in [0.05, 0.1) is 18.1 Å². The third-order valence-corrected chi connectivity index (χ3v) is 5.41. The van der Waals surface area contributed by atoms with Crippen molar-refractivity contribution in [3.8, 4) is 5.75 Å². The van der Waals surface area contributed by atoms with E-state index in [2.05, 4.69) is 15.3 Å². The third-order valence-electron chi connectivity index (χ3n) is 4.27. The number of para-hydroxylation sites is 2. The lowest BCUT2D eigenvalue weighted by atomic mass is 10.1. The number of benzene rings is 3. The van der Waals surface area contributed by atoms with Crippen LogP contribution in [-0.2, 0) is 4.79 Å². The minimum atomic E-state index is -0.451. The lowest BCUT2D eigenvalue weighted by Gasteiger charge is -2.16. The number of carbonyl (C=O) groups is 1. The fourth-order valence-corrected chi connectivity index (χ4v) is 3.91. The fraction of sp³-hybridized carbons (Fsp3) is 0.0909. The molecule has 0 aliphatic carbocycles. The number of aromatic amines is 1. The van der Waals surface area contributed by atoms with Gasteiger partial charge in [0.25, 0.3) is 0 Å². The molecule has 0 saturated heterocycles. The molecule has 1 amide bonds. The molecule has 0 bridgehead atoms. The Morgan fingerprint density at radius 1 is 1.04 bits per heavy atom. The van der Waals surface area contributed by atoms with Crippen molar-refractivity contribution in [2.24, 2.45) is 0 Å². The summed E-state index contributed by atoms with van der Waals surface area (Å²) in [5.74, 6) is 0.573. The van der Waals surface area contributed by atoms with E-state index in [0.29, 0.717) is 16.6 Å². The molecule has 6 heteroatoms. The summed E-state index contributed by atoms with van der Waals surface area (Å²) in [5, 5.41) is 3.24. The van der Waals surface area contributed by atoms with Crippen LogP contribution in [0.5, 0.6) is 5.75 Å². The van der Waals surface area contributed by atoms with E-state index in [1.165, 1.54) is 11.8 Å². The molecule has 0 saturated carbocycles. The predicted molar refractivity (Wildman–Crippen MR) is 113 cm³/mol. The Bertz CT molecular complexity index is 1060. The number of aromatic nitrogens is 2. The zero-order chi connectivity index (χ0) is 19.3. The first-order valence-electron chi connectivity index (χ1n) is 8.84. The van der Waals surface area contributed by atoms with Crippen molar-refractivity contribution < 1.29 is 9.53 Å². The van der Waals surface area contributed by atoms with Gasteiger partial charge in [-0.05, 0) is 29.8 Å². The average molecular weight is 389 g/mol. The normalized spacial score (nSPS) is 11.9. The van der Waals surface area contributed by atoms with Gasteiger partial charge in [-0.2, -0.15) is 0 Å². The summed E-state index contributed by atoms with van der Waals surface area (Å²) in [5.41, 5.74) is 3.43. The van der Waals surface area contributed by atoms with E-state index in [1.54, 1.807) is 13.2 Å². The number of carbonyl (C=O) groups excluding carboxylic acids is 1. The standard InChI is InChI=1S/C22H19N3O2S/c1-27-17-11-7-10-16(14-17)23-21(26)20(15-8-3-2-4-9-15)28-22-24-18-12-5-6-13-19(18)25-22/h2-14,20H,1H3,(H,23,26)(H,24,25)/t20-/m1/s1. The highest BCUT2D eigenvalue weighted by Gasteiger charge is 2.24. The molecule has 0 spiro atoms. The van der Waals surface area contributed by atoms with Crippen molar-refractivity contribution in [2.45, 2.75) is 10.4 Å². The maximum Gasteiger partial charge on any atom is 0.242 e. The van der Waals surface area contributed by atoms with Crippen molar-refractivity contribution in [1.82, 2.24) is 9.97 Å². The zero-order valence-corrected chi connectivity index (χ0v) is 16.1. The Morgan fingerprint density at radius 3 is 2.61 bits per heavy atom. The van der Waals surface area contributed by atoms with Crippen molar-refractivity contribution in [1.29, 1.82) is 0 Å². The average Bonchev–Trinajstić information content (AvgIpc) is 3.15. The van der Waals surface area contributed by atoms with Gasteiger partial charge in [-0.25, -0.2) is 4.98 Å². The number of anilines is 1. The number of fused-ring (bicyclic) bond motifs is 1. The van der Waals surface area contributed by atoms with Crippen molar-refractivity contribution in [2.75, 3.05) is 12.4 Å². The highest BCUT2D eigenvalue weighted by molar-refractivity contribution is 8.00. The number of thioether (sulfide) groups is 1. The topological polar surface area (TPSA) is 67.0 Å². The molecule has 28 heavy (non-hydrogen) atoms. The minimum absolute atomic E-state index is 0.120. The lowest BCUT2D eigenvalue weighted by molar-refractivity contribution is -0.115. The second-order valence-corrected chi connectivity index (χ2v) is 7.28. The summed E-state index contributed by atoms with van der Waals surface area (Å²) in [6, 6.07) is 24.8. The molecule has 0 aliphatic rings. The molecule has 0 fully saturated rings. The molecule has 2 N–H and O–H groups in total. The highest BCUT2D eigenvalue weighted by atomic mass is 32.2. The molecular formula is C22H19N3O2S. The number of H-pyrrole nitrogens is 1. The van der Waals surface area contributed by atoms with Crippen LogP contribution in [0.15, 0.2) is 84.0 Å². The summed E-state index contributed by atoms with van der Waals surface area (Å²) in [6.45, 7) is 0. The van der Waals surface area contributed by atoms with E-state index in [0.717, 1.165) is 16.6 Å². The summed E-state index contributed by atoms with van der Waals surface area (Å²) >= 11 is 1.39. The van der Waals surface area contributed by atoms with E-state index >= 15 is 0 Å². The molecule has 1 atom stereocenters. The van der Waals surface area contributed by atoms with Gasteiger partial charge in [-0.15, -0.1) is 0 Å². The first kappa shape index (κ1) is 18.1. The van der Waals surface area contributed by atoms with Crippen LogP contribution in [0.2, 0.25) is 0 Å². The van der Waals surface area contributed by atoms with E-state index in [9.17, 15) is 4.79 Å². The zero-order valence-electron chi connectivity index (χ0n) is 15.3. The smallest absolute Gasteiger partial charge is 0.242 e. The van der Waals surface area contributed by atoms with Crippen LogP contribution < -0.4 is 10.1 Å². The summed E-state index contributed by atoms with van der Waals surface area (Å²) in [6.07, 6.45) is 0. The van der Waals surface area contributed by atoms with Gasteiger partial charge in [-0.1, -0.05) is 60.3 Å². The molecule has 0 unspecified atom stereocenters. The first-order valence-corrected chi connectivity index (χ1v) is 9.72. The number of nitrogens with one attached hydrogen (secondary N) is 2. The summed E-state index contributed by atoms with van der Waals surface area (Å²) in [4.78, 5) is 21.0. The van der Waals surface area contributed by atoms with Crippen LogP contribution in [0, 0.1) is 0 Å². The van der Waals surface area contributed by atoms with E-state index in [1.807, 2.05) is 72.8 Å². The molecule has 4 rings (SSSR count). The van der Waals surface area contributed by atoms with Gasteiger partial charge in [0.2, 0.25) is 5.91 Å². The molecule has 4 aromatic rings. The Labute approximate surface area is 167 Å². The predicted octanol–water partition coefficient (Wildman–Crippen LogP) is 5.04. The lowest BCUT2D eigenvalue weighted by Crippen LogP contribution is -2.19. The molecular weight excluding hydrogens is 370 g/mol. The highest BCUT2D eigenvalue weighted by Crippen LogP contribution is 2.35. The van der Waals surface area contributed by atoms with Crippen LogP contribution in [0.3, 0.4) is 0 Å². The molecule has 1 aromatic heterocycles. The number of methoxy groups -OCH3 is 1. The number of nitrogens with zero attached hydrogens (tertiary/aromatic N) is 1. The van der Waals surface area contributed by atoms with E-state index < -0.39 is 5.25 Å². The molecule has 140 valence electrons. The Morgan fingerprint density at radius 2 is 1.82 bits per heavy atom. The van der Waals surface area contributed by atoms with Crippen LogP contribution >= 0.6 is 11.8 Å². The Balaban J connectivity index is 1.62. The Hall–Kier alpha value is -3.25. The van der Waals surface area contributed by atoms with E-state index in [4.69, 9.17) is 4.74 Å². The van der Waals surface area contributed by atoms with Crippen molar-refractivity contribution in [3.05, 3.63) is 84.4 Å². The monoisotopic (exact) mass is 389 g/mol. The summed E-state index contributed by atoms with van der Waals surface area (Å²) in [7, 11) is 1.60. The van der Waals surface area contributed by atoms with Crippen molar-refractivity contribution in [3.63, 3.8) is 0 Å². The van der Waals surface area contributed by atoms with Gasteiger partial charge < -0.3 is 15.0 Å². The van der Waals surface area contributed by atoms with Gasteiger partial charge in [0, 0.05) is 11.8 Å². The first-order chi connectivity index (χ1) is 13.7. The molecule has 0 aliphatic heterocycles. The largest absolute Gasteiger partial charge is 0.497 e. The minimum Gasteiger partial charge on any atom is -0.497 e. The Kier molecular flexibility index (Phi) is 5.30. The molecule has 0 radical (unpaired) electrons. The number of hydrogen-bond donors (Lipinski definition) is 2.